The van der Waals surface area contributed by atoms with Gasteiger partial charge in [-0.25, -0.2) is 23.1 Å². The van der Waals surface area contributed by atoms with Gasteiger partial charge in [-0.2, -0.15) is 0 Å². The molecule has 2 aromatic carbocycles. The van der Waals surface area contributed by atoms with E-state index in [0.717, 1.165) is 28.8 Å². The van der Waals surface area contributed by atoms with E-state index in [4.69, 9.17) is 4.74 Å². The van der Waals surface area contributed by atoms with Gasteiger partial charge in [0.2, 0.25) is 5.82 Å². The van der Waals surface area contributed by atoms with Crippen LogP contribution in [0.4, 0.5) is 19.0 Å². The van der Waals surface area contributed by atoms with Crippen molar-refractivity contribution in [1.29, 1.82) is 0 Å². The van der Waals surface area contributed by atoms with Gasteiger partial charge in [0.15, 0.2) is 17.5 Å². The molecule has 0 unspecified atom stereocenters. The van der Waals surface area contributed by atoms with E-state index in [1.54, 1.807) is 26.1 Å². The summed E-state index contributed by atoms with van der Waals surface area (Å²) in [4.78, 5) is 21.0. The van der Waals surface area contributed by atoms with Crippen LogP contribution in [0.25, 0.3) is 11.1 Å². The van der Waals surface area contributed by atoms with E-state index in [9.17, 15) is 23.1 Å². The predicted molar refractivity (Wildman–Crippen MR) is 139 cm³/mol. The second kappa shape index (κ2) is 11.6. The number of anilines is 1. The van der Waals surface area contributed by atoms with Crippen LogP contribution >= 0.6 is 0 Å². The summed E-state index contributed by atoms with van der Waals surface area (Å²) >= 11 is 0. The highest BCUT2D eigenvalue weighted by molar-refractivity contribution is 6.01. The summed E-state index contributed by atoms with van der Waals surface area (Å²) in [5.74, 6) is -3.90. The van der Waals surface area contributed by atoms with Crippen LogP contribution in [0, 0.1) is 24.4 Å². The van der Waals surface area contributed by atoms with Crippen molar-refractivity contribution in [2.75, 3.05) is 11.9 Å². The molecule has 3 N–H and O–H groups in total. The molecule has 0 aliphatic rings. The number of aliphatic hydroxyl groups is 1. The summed E-state index contributed by atoms with van der Waals surface area (Å²) in [6.45, 7) is 5.95. The highest BCUT2D eigenvalue weighted by Crippen LogP contribution is 2.29. The highest BCUT2D eigenvalue weighted by Gasteiger charge is 2.17. The first-order chi connectivity index (χ1) is 18.5. The van der Waals surface area contributed by atoms with Crippen molar-refractivity contribution in [3.05, 3.63) is 88.9 Å². The molecule has 0 spiro atoms. The van der Waals surface area contributed by atoms with E-state index in [-0.39, 0.29) is 29.5 Å². The van der Waals surface area contributed by atoms with Gasteiger partial charge in [0.05, 0.1) is 12.2 Å². The van der Waals surface area contributed by atoms with Gasteiger partial charge >= 0.3 is 0 Å². The van der Waals surface area contributed by atoms with Crippen LogP contribution < -0.4 is 10.1 Å². The van der Waals surface area contributed by atoms with Crippen LogP contribution in [0.1, 0.15) is 54.3 Å². The third-order valence-electron chi connectivity index (χ3n) is 5.87. The van der Waals surface area contributed by atoms with E-state index in [0.29, 0.717) is 25.2 Å². The lowest BCUT2D eigenvalue weighted by Gasteiger charge is -2.17. The lowest BCUT2D eigenvalue weighted by molar-refractivity contribution is 0.0641. The Morgan fingerprint density at radius 2 is 1.85 bits per heavy atom. The van der Waals surface area contributed by atoms with Gasteiger partial charge in [-0.1, -0.05) is 6.07 Å². The average Bonchev–Trinajstić information content (AvgIpc) is 3.34. The Bertz CT molecular complexity index is 1460. The molecule has 0 fully saturated rings. The fourth-order valence-corrected chi connectivity index (χ4v) is 3.91. The number of pyridine rings is 1. The molecule has 39 heavy (non-hydrogen) atoms. The van der Waals surface area contributed by atoms with Gasteiger partial charge in [-0.15, -0.1) is 5.10 Å². The van der Waals surface area contributed by atoms with Crippen LogP contribution in [-0.4, -0.2) is 43.4 Å². The monoisotopic (exact) mass is 539 g/mol. The number of rotatable bonds is 10. The molecule has 0 saturated heterocycles. The molecule has 0 radical (unpaired) electrons. The van der Waals surface area contributed by atoms with Crippen molar-refractivity contribution < 1.29 is 27.8 Å². The van der Waals surface area contributed by atoms with Gasteiger partial charge in [0.25, 0.3) is 5.91 Å². The molecule has 0 bridgehead atoms. The van der Waals surface area contributed by atoms with E-state index >= 15 is 0 Å². The van der Waals surface area contributed by atoms with Crippen molar-refractivity contribution >= 4 is 11.7 Å². The van der Waals surface area contributed by atoms with E-state index in [1.165, 1.54) is 0 Å². The number of halogens is 3. The number of aromatic amines is 1. The third kappa shape index (κ3) is 7.41. The maximum absolute atomic E-state index is 13.5. The zero-order chi connectivity index (χ0) is 28.2. The van der Waals surface area contributed by atoms with Gasteiger partial charge < -0.3 is 15.2 Å². The number of ether oxygens (including phenoxy) is 1. The van der Waals surface area contributed by atoms with Crippen LogP contribution in [0.5, 0.6) is 5.75 Å². The fourth-order valence-electron chi connectivity index (χ4n) is 3.91. The number of nitrogens with zero attached hydrogens (tertiary/aromatic N) is 3. The zero-order valence-electron chi connectivity index (χ0n) is 21.7. The average molecular weight is 540 g/mol. The number of nitrogens with one attached hydrogen (secondary N) is 2. The summed E-state index contributed by atoms with van der Waals surface area (Å²) < 4.78 is 46.0. The number of carbonyl (C=O) groups is 1. The van der Waals surface area contributed by atoms with Crippen molar-refractivity contribution in [3.8, 4) is 16.9 Å². The normalized spacial score (nSPS) is 11.5. The Morgan fingerprint density at radius 1 is 1.10 bits per heavy atom. The molecule has 204 valence electrons. The number of carbonyl (C=O) groups excluding carboxylic acids is 1. The number of hydrogen-bond donors (Lipinski definition) is 3. The maximum atomic E-state index is 13.5. The second-order valence-electron chi connectivity index (χ2n) is 9.78. The molecule has 8 nitrogen and oxygen atoms in total. The number of hydrogen-bond acceptors (Lipinski definition) is 6. The van der Waals surface area contributed by atoms with Crippen molar-refractivity contribution in [2.45, 2.75) is 45.6 Å². The highest BCUT2D eigenvalue weighted by atomic mass is 19.2. The van der Waals surface area contributed by atoms with Crippen molar-refractivity contribution in [1.82, 2.24) is 20.2 Å². The summed E-state index contributed by atoms with van der Waals surface area (Å²) in [6, 6.07) is 10.9. The van der Waals surface area contributed by atoms with Crippen molar-refractivity contribution in [2.24, 2.45) is 0 Å². The number of benzene rings is 2. The molecule has 0 aliphatic heterocycles. The number of H-pyrrole nitrogens is 1. The Morgan fingerprint density at radius 3 is 2.56 bits per heavy atom. The van der Waals surface area contributed by atoms with E-state index < -0.39 is 29.0 Å². The largest absolute Gasteiger partial charge is 0.494 e. The lowest BCUT2D eigenvalue weighted by Crippen LogP contribution is -2.19. The Labute approximate surface area is 223 Å². The fraction of sp³-hybridized carbons (Fsp3) is 0.286. The van der Waals surface area contributed by atoms with E-state index in [1.807, 2.05) is 31.2 Å². The summed E-state index contributed by atoms with van der Waals surface area (Å²) in [5.41, 5.74) is 2.08. The number of amides is 1. The second-order valence-corrected chi connectivity index (χ2v) is 9.78. The molecule has 2 aromatic heterocycles. The Hall–Kier alpha value is -4.25. The van der Waals surface area contributed by atoms with Crippen LogP contribution in [0.15, 0.2) is 48.7 Å². The molecule has 0 saturated carbocycles. The van der Waals surface area contributed by atoms with Crippen molar-refractivity contribution in [3.63, 3.8) is 0 Å². The maximum Gasteiger partial charge on any atom is 0.296 e. The molecular formula is C28H28F3N5O3. The standard InChI is InChI=1S/C28H28F3N5O3/c1-16-5-6-19(39-10-4-8-28(2,3)38)15-20(16)18-7-9-32-23(14-18)34-27(37)26-33-24(35-36-26)13-17-11-21(29)25(31)22(30)12-17/h5-7,9,11-12,14-15,38H,4,8,10,13H2,1-3H3,(H,32,34,37)(H,33,35,36). The molecule has 0 aliphatic carbocycles. The quantitative estimate of drug-likeness (QED) is 0.185. The number of aromatic nitrogens is 4. The van der Waals surface area contributed by atoms with Gasteiger partial charge in [0, 0.05) is 12.6 Å². The van der Waals surface area contributed by atoms with Gasteiger partial charge in [-0.05, 0) is 92.3 Å². The Balaban J connectivity index is 1.43. The number of aryl methyl sites for hydroxylation is 1. The van der Waals surface area contributed by atoms with E-state index in [2.05, 4.69) is 25.5 Å². The summed E-state index contributed by atoms with van der Waals surface area (Å²) in [5, 5.41) is 18.9. The van der Waals surface area contributed by atoms with Gasteiger partial charge in [-0.3, -0.25) is 9.89 Å². The summed E-state index contributed by atoms with van der Waals surface area (Å²) in [7, 11) is 0. The minimum atomic E-state index is -1.55. The first kappa shape index (κ1) is 27.8. The minimum absolute atomic E-state index is 0.0857. The molecule has 11 heteroatoms. The van der Waals surface area contributed by atoms with Crippen LogP contribution in [-0.2, 0) is 6.42 Å². The molecule has 2 heterocycles. The smallest absolute Gasteiger partial charge is 0.296 e. The molecule has 0 atom stereocenters. The Kier molecular flexibility index (Phi) is 8.29. The lowest BCUT2D eigenvalue weighted by atomic mass is 10.0. The molecule has 4 aromatic rings. The third-order valence-corrected chi connectivity index (χ3v) is 5.87. The topological polar surface area (TPSA) is 113 Å². The first-order valence-electron chi connectivity index (χ1n) is 12.3. The summed E-state index contributed by atoms with van der Waals surface area (Å²) in [6.07, 6.45) is 2.80. The van der Waals surface area contributed by atoms with Crippen LogP contribution in [0.3, 0.4) is 0 Å². The minimum Gasteiger partial charge on any atom is -0.494 e. The first-order valence-corrected chi connectivity index (χ1v) is 12.3. The predicted octanol–water partition coefficient (Wildman–Crippen LogP) is 5.37. The molecular weight excluding hydrogens is 511 g/mol. The molecule has 1 amide bonds. The zero-order valence-corrected chi connectivity index (χ0v) is 21.7. The molecule has 4 rings (SSSR count). The van der Waals surface area contributed by atoms with Gasteiger partial charge in [0.1, 0.15) is 17.4 Å². The SMILES string of the molecule is Cc1ccc(OCCCC(C)(C)O)cc1-c1ccnc(NC(=O)c2n[nH]c(Cc3cc(F)c(F)c(F)c3)n2)c1. The van der Waals surface area contributed by atoms with Crippen LogP contribution in [0.2, 0.25) is 0 Å².